The van der Waals surface area contributed by atoms with Crippen LogP contribution in [0.4, 0.5) is 11.4 Å². The van der Waals surface area contributed by atoms with Gasteiger partial charge in [0, 0.05) is 23.2 Å². The first-order chi connectivity index (χ1) is 10.1. The molecule has 1 aliphatic rings. The van der Waals surface area contributed by atoms with Crippen molar-refractivity contribution in [1.82, 2.24) is 0 Å². The van der Waals surface area contributed by atoms with Crippen molar-refractivity contribution in [3.8, 4) is 0 Å². The van der Waals surface area contributed by atoms with Crippen molar-refractivity contribution in [3.05, 3.63) is 24.3 Å². The van der Waals surface area contributed by atoms with Gasteiger partial charge in [0.05, 0.1) is 0 Å². The van der Waals surface area contributed by atoms with E-state index in [1.807, 2.05) is 6.92 Å². The molecule has 1 fully saturated rings. The van der Waals surface area contributed by atoms with Gasteiger partial charge >= 0.3 is 0 Å². The summed E-state index contributed by atoms with van der Waals surface area (Å²) in [6.45, 7) is 2.50. The second kappa shape index (κ2) is 7.22. The third-order valence-corrected chi connectivity index (χ3v) is 3.66. The van der Waals surface area contributed by atoms with Gasteiger partial charge in [0.1, 0.15) is 0 Å². The summed E-state index contributed by atoms with van der Waals surface area (Å²) in [6, 6.07) is 7.22. The summed E-state index contributed by atoms with van der Waals surface area (Å²) in [5.41, 5.74) is 6.95. The number of hydrogen-bond donors (Lipinski definition) is 3. The van der Waals surface area contributed by atoms with E-state index in [1.54, 1.807) is 24.3 Å². The van der Waals surface area contributed by atoms with Crippen LogP contribution in [0.3, 0.4) is 0 Å². The van der Waals surface area contributed by atoms with Crippen LogP contribution in [0, 0.1) is 11.8 Å². The monoisotopic (exact) mass is 289 g/mol. The minimum atomic E-state index is -0.0530. The highest BCUT2D eigenvalue weighted by Gasteiger charge is 2.29. The number of nitrogens with one attached hydrogen (secondary N) is 2. The van der Waals surface area contributed by atoms with Crippen LogP contribution in [-0.4, -0.2) is 18.4 Å². The Balaban J connectivity index is 1.83. The zero-order valence-electron chi connectivity index (χ0n) is 12.4. The number of amides is 2. The zero-order valence-corrected chi connectivity index (χ0v) is 12.4. The maximum atomic E-state index is 12.0. The minimum absolute atomic E-state index is 0.00165. The molecule has 0 radical (unpaired) electrons. The van der Waals surface area contributed by atoms with Gasteiger partial charge in [0.2, 0.25) is 11.8 Å². The molecule has 2 rings (SSSR count). The Morgan fingerprint density at radius 1 is 1.19 bits per heavy atom. The molecule has 0 spiro atoms. The maximum absolute atomic E-state index is 12.0. The normalized spacial score (nSPS) is 15.3. The molecule has 1 aromatic carbocycles. The first-order valence-corrected chi connectivity index (χ1v) is 7.52. The molecule has 0 aliphatic heterocycles. The molecule has 0 saturated heterocycles. The fraction of sp³-hybridized carbons (Fsp3) is 0.500. The van der Waals surface area contributed by atoms with Gasteiger partial charge in [-0.1, -0.05) is 6.92 Å². The van der Waals surface area contributed by atoms with Gasteiger partial charge in [-0.3, -0.25) is 9.59 Å². The van der Waals surface area contributed by atoms with E-state index in [9.17, 15) is 9.59 Å². The van der Waals surface area contributed by atoms with Crippen molar-refractivity contribution in [2.75, 3.05) is 17.2 Å². The molecule has 1 atom stereocenters. The van der Waals surface area contributed by atoms with E-state index in [-0.39, 0.29) is 23.7 Å². The summed E-state index contributed by atoms with van der Waals surface area (Å²) in [4.78, 5) is 23.6. The van der Waals surface area contributed by atoms with Gasteiger partial charge in [-0.2, -0.15) is 0 Å². The van der Waals surface area contributed by atoms with Crippen LogP contribution in [0.5, 0.6) is 0 Å². The van der Waals surface area contributed by atoms with E-state index in [4.69, 9.17) is 5.73 Å². The lowest BCUT2D eigenvalue weighted by molar-refractivity contribution is -0.119. The predicted octanol–water partition coefficient (Wildman–Crippen LogP) is 2.35. The molecule has 1 saturated carbocycles. The quantitative estimate of drug-likeness (QED) is 0.720. The van der Waals surface area contributed by atoms with Crippen LogP contribution in [-0.2, 0) is 9.59 Å². The van der Waals surface area contributed by atoms with E-state index in [2.05, 4.69) is 10.6 Å². The average Bonchev–Trinajstić information content (AvgIpc) is 3.31. The number of anilines is 2. The van der Waals surface area contributed by atoms with Crippen LogP contribution in [0.25, 0.3) is 0 Å². The molecule has 5 nitrogen and oxygen atoms in total. The number of carbonyl (C=O) groups excluding carboxylic acids is 2. The van der Waals surface area contributed by atoms with Gasteiger partial charge in [-0.05, 0) is 56.5 Å². The van der Waals surface area contributed by atoms with E-state index in [0.717, 1.165) is 37.1 Å². The van der Waals surface area contributed by atoms with E-state index < -0.39 is 0 Å². The first kappa shape index (κ1) is 15.5. The molecule has 1 aliphatic carbocycles. The van der Waals surface area contributed by atoms with E-state index in [1.165, 1.54) is 0 Å². The Morgan fingerprint density at radius 2 is 1.76 bits per heavy atom. The third-order valence-electron chi connectivity index (χ3n) is 3.66. The Kier molecular flexibility index (Phi) is 5.33. The van der Waals surface area contributed by atoms with Gasteiger partial charge in [0.25, 0.3) is 0 Å². The van der Waals surface area contributed by atoms with E-state index in [0.29, 0.717) is 6.54 Å². The first-order valence-electron chi connectivity index (χ1n) is 7.52. The summed E-state index contributed by atoms with van der Waals surface area (Å²) >= 11 is 0. The van der Waals surface area contributed by atoms with Crippen molar-refractivity contribution in [1.29, 1.82) is 0 Å². The Hall–Kier alpha value is -1.88. The molecule has 4 N–H and O–H groups in total. The Morgan fingerprint density at radius 3 is 2.29 bits per heavy atom. The summed E-state index contributed by atoms with van der Waals surface area (Å²) < 4.78 is 0. The Labute approximate surface area is 125 Å². The van der Waals surface area contributed by atoms with Gasteiger partial charge in [-0.15, -0.1) is 0 Å². The molecular formula is C16H23N3O2. The molecule has 21 heavy (non-hydrogen) atoms. The van der Waals surface area contributed by atoms with Crippen molar-refractivity contribution < 1.29 is 9.59 Å². The smallest absolute Gasteiger partial charge is 0.227 e. The van der Waals surface area contributed by atoms with Crippen molar-refractivity contribution >= 4 is 23.2 Å². The summed E-state index contributed by atoms with van der Waals surface area (Å²) in [5, 5.41) is 5.74. The zero-order chi connectivity index (χ0) is 15.2. The fourth-order valence-corrected chi connectivity index (χ4v) is 2.05. The van der Waals surface area contributed by atoms with Crippen LogP contribution in [0.2, 0.25) is 0 Å². The summed E-state index contributed by atoms with van der Waals surface area (Å²) in [7, 11) is 0. The highest BCUT2D eigenvalue weighted by Crippen LogP contribution is 2.30. The number of benzene rings is 1. The molecule has 0 heterocycles. The molecule has 114 valence electrons. The molecule has 1 aromatic rings. The minimum Gasteiger partial charge on any atom is -0.330 e. The molecule has 1 unspecified atom stereocenters. The lowest BCUT2D eigenvalue weighted by Crippen LogP contribution is -2.21. The van der Waals surface area contributed by atoms with Crippen molar-refractivity contribution in [2.45, 2.75) is 32.6 Å². The van der Waals surface area contributed by atoms with Crippen molar-refractivity contribution in [3.63, 3.8) is 0 Å². The van der Waals surface area contributed by atoms with Gasteiger partial charge in [0.15, 0.2) is 0 Å². The Bertz CT molecular complexity index is 495. The second-order valence-corrected chi connectivity index (χ2v) is 5.66. The number of carbonyl (C=O) groups is 2. The lowest BCUT2D eigenvalue weighted by atomic mass is 10.0. The predicted molar refractivity (Wildman–Crippen MR) is 83.9 cm³/mol. The molecule has 5 heteroatoms. The van der Waals surface area contributed by atoms with Crippen LogP contribution in [0.15, 0.2) is 24.3 Å². The summed E-state index contributed by atoms with van der Waals surface area (Å²) in [6.07, 6.45) is 3.61. The highest BCUT2D eigenvalue weighted by atomic mass is 16.2. The SMILES string of the molecule is CC(CCCN)C(=O)Nc1ccc(NC(=O)C2CC2)cc1. The number of rotatable bonds is 7. The third kappa shape index (κ3) is 4.86. The molecular weight excluding hydrogens is 266 g/mol. The maximum Gasteiger partial charge on any atom is 0.227 e. The fourth-order valence-electron chi connectivity index (χ4n) is 2.05. The van der Waals surface area contributed by atoms with Gasteiger partial charge < -0.3 is 16.4 Å². The lowest BCUT2D eigenvalue weighted by Gasteiger charge is -2.12. The second-order valence-electron chi connectivity index (χ2n) is 5.66. The van der Waals surface area contributed by atoms with Crippen LogP contribution < -0.4 is 16.4 Å². The van der Waals surface area contributed by atoms with Crippen molar-refractivity contribution in [2.24, 2.45) is 17.6 Å². The molecule has 0 bridgehead atoms. The highest BCUT2D eigenvalue weighted by molar-refractivity contribution is 5.95. The molecule has 0 aromatic heterocycles. The van der Waals surface area contributed by atoms with Gasteiger partial charge in [-0.25, -0.2) is 0 Å². The average molecular weight is 289 g/mol. The van der Waals surface area contributed by atoms with Crippen LogP contribution in [0.1, 0.15) is 32.6 Å². The molecule has 2 amide bonds. The standard InChI is InChI=1S/C16H23N3O2/c1-11(3-2-10-17)15(20)18-13-6-8-14(9-7-13)19-16(21)12-4-5-12/h6-9,11-12H,2-5,10,17H2,1H3,(H,18,20)(H,19,21). The van der Waals surface area contributed by atoms with E-state index >= 15 is 0 Å². The largest absolute Gasteiger partial charge is 0.330 e. The number of hydrogen-bond acceptors (Lipinski definition) is 3. The van der Waals surface area contributed by atoms with Crippen LogP contribution >= 0.6 is 0 Å². The summed E-state index contributed by atoms with van der Waals surface area (Å²) in [5.74, 6) is 0.218. The topological polar surface area (TPSA) is 84.2 Å². The number of nitrogens with two attached hydrogens (primary N) is 1.